The monoisotopic (exact) mass is 518 g/mol. The summed E-state index contributed by atoms with van der Waals surface area (Å²) in [6, 6.07) is 24.3. The summed E-state index contributed by atoms with van der Waals surface area (Å²) in [5.74, 6) is -1.77. The molecular formula is C27H30N6O5. The molecule has 0 fully saturated rings. The number of nitro groups is 1. The second-order valence-electron chi connectivity index (χ2n) is 8.45. The summed E-state index contributed by atoms with van der Waals surface area (Å²) in [6.45, 7) is 0.0813. The van der Waals surface area contributed by atoms with Gasteiger partial charge in [-0.1, -0.05) is 72.8 Å². The van der Waals surface area contributed by atoms with E-state index in [-0.39, 0.29) is 31.4 Å². The molecule has 0 aliphatic rings. The summed E-state index contributed by atoms with van der Waals surface area (Å²) in [7, 11) is 0. The van der Waals surface area contributed by atoms with Gasteiger partial charge in [0.05, 0.1) is 12.5 Å². The molecule has 0 saturated heterocycles. The summed E-state index contributed by atoms with van der Waals surface area (Å²) in [5, 5.41) is 30.1. The van der Waals surface area contributed by atoms with Crippen LogP contribution in [0.5, 0.6) is 0 Å². The molecule has 3 aromatic rings. The number of carbonyl (C=O) groups is 2. The van der Waals surface area contributed by atoms with E-state index in [2.05, 4.69) is 21.1 Å². The number of amides is 2. The van der Waals surface area contributed by atoms with Crippen molar-refractivity contribution in [3.05, 3.63) is 112 Å². The third kappa shape index (κ3) is 8.42. The van der Waals surface area contributed by atoms with Gasteiger partial charge < -0.3 is 26.8 Å². The van der Waals surface area contributed by atoms with Crippen molar-refractivity contribution in [3.63, 3.8) is 0 Å². The minimum Gasteiger partial charge on any atom is -0.392 e. The number of nitrogens with zero attached hydrogens (tertiary/aromatic N) is 2. The van der Waals surface area contributed by atoms with E-state index in [4.69, 9.17) is 5.73 Å². The number of hydrogen-bond donors (Lipinski definition) is 5. The Labute approximate surface area is 219 Å². The first kappa shape index (κ1) is 27.8. The zero-order chi connectivity index (χ0) is 27.3. The molecule has 0 heterocycles. The molecule has 0 saturated carbocycles. The molecule has 0 aliphatic carbocycles. The molecule has 1 atom stereocenters. The molecule has 3 rings (SSSR count). The van der Waals surface area contributed by atoms with Gasteiger partial charge in [0.15, 0.2) is 5.03 Å². The number of hydrazone groups is 1. The molecule has 11 heteroatoms. The molecule has 0 unspecified atom stereocenters. The Morgan fingerprint density at radius 2 is 1.50 bits per heavy atom. The van der Waals surface area contributed by atoms with Crippen LogP contribution < -0.4 is 21.7 Å². The third-order valence-electron chi connectivity index (χ3n) is 5.73. The second-order valence-corrected chi connectivity index (χ2v) is 8.45. The Morgan fingerprint density at radius 1 is 0.921 bits per heavy atom. The van der Waals surface area contributed by atoms with Crippen molar-refractivity contribution in [2.24, 2.45) is 10.8 Å². The van der Waals surface area contributed by atoms with E-state index in [9.17, 15) is 24.8 Å². The van der Waals surface area contributed by atoms with Gasteiger partial charge in [-0.15, -0.1) is 0 Å². The highest BCUT2D eigenvalue weighted by atomic mass is 16.7. The predicted molar refractivity (Wildman–Crippen MR) is 144 cm³/mol. The smallest absolute Gasteiger partial charge is 0.266 e. The lowest BCUT2D eigenvalue weighted by Gasteiger charge is -2.23. The number of carbonyl (C=O) groups excluding carboxylic acids is 2. The first-order valence-electron chi connectivity index (χ1n) is 12.0. The number of aliphatic hydroxyl groups excluding tert-OH is 1. The van der Waals surface area contributed by atoms with E-state index < -0.39 is 22.9 Å². The summed E-state index contributed by atoms with van der Waals surface area (Å²) in [5.41, 5.74) is 8.22. The number of aliphatic hydroxyl groups is 1. The largest absolute Gasteiger partial charge is 0.392 e. The Balaban J connectivity index is 1.78. The highest BCUT2D eigenvalue weighted by Crippen LogP contribution is 2.25. The van der Waals surface area contributed by atoms with Crippen LogP contribution in [0.1, 0.15) is 35.4 Å². The van der Waals surface area contributed by atoms with Crippen LogP contribution in [0.15, 0.2) is 90.0 Å². The third-order valence-corrected chi connectivity index (χ3v) is 5.73. The fourth-order valence-corrected chi connectivity index (χ4v) is 3.88. The minimum absolute atomic E-state index is 0.122. The molecule has 0 aromatic heterocycles. The van der Waals surface area contributed by atoms with Gasteiger partial charge in [0, 0.05) is 12.2 Å². The van der Waals surface area contributed by atoms with Crippen molar-refractivity contribution >= 4 is 23.5 Å². The lowest BCUT2D eigenvalue weighted by Crippen LogP contribution is -2.46. The normalized spacial score (nSPS) is 12.0. The van der Waals surface area contributed by atoms with Crippen LogP contribution >= 0.6 is 0 Å². The molecule has 11 nitrogen and oxygen atoms in total. The molecule has 0 spiro atoms. The highest BCUT2D eigenvalue weighted by molar-refractivity contribution is 5.98. The molecule has 3 aromatic carbocycles. The Kier molecular flexibility index (Phi) is 10.3. The molecule has 6 N–H and O–H groups in total. The second kappa shape index (κ2) is 14.1. The van der Waals surface area contributed by atoms with Gasteiger partial charge in [0.25, 0.3) is 5.96 Å². The molecular weight excluding hydrogens is 488 g/mol. The van der Waals surface area contributed by atoms with Crippen LogP contribution in [0.3, 0.4) is 0 Å². The number of nitrogens with two attached hydrogens (primary N) is 1. The maximum absolute atomic E-state index is 13.6. The SMILES string of the molecule is N/C(=N/[N+](=O)[O-])NCCC[C@@H](NC(=O)C(c1ccccc1)c1ccccc1)C(=O)Nc1ccc(CO)cc1. The number of rotatable bonds is 12. The number of guanidine groups is 1. The molecule has 0 bridgehead atoms. The zero-order valence-corrected chi connectivity index (χ0v) is 20.6. The van der Waals surface area contributed by atoms with Crippen LogP contribution in [-0.2, 0) is 16.2 Å². The molecule has 0 radical (unpaired) electrons. The lowest BCUT2D eigenvalue weighted by atomic mass is 9.90. The average molecular weight is 519 g/mol. The van der Waals surface area contributed by atoms with Gasteiger partial charge in [-0.2, -0.15) is 0 Å². The summed E-state index contributed by atoms with van der Waals surface area (Å²) >= 11 is 0. The van der Waals surface area contributed by atoms with Gasteiger partial charge in [-0.3, -0.25) is 9.59 Å². The van der Waals surface area contributed by atoms with Crippen LogP contribution in [0.25, 0.3) is 0 Å². The zero-order valence-electron chi connectivity index (χ0n) is 20.6. The summed E-state index contributed by atoms with van der Waals surface area (Å²) in [6.07, 6.45) is 0.582. The van der Waals surface area contributed by atoms with Gasteiger partial charge in [0.2, 0.25) is 11.8 Å². The van der Waals surface area contributed by atoms with Crippen LogP contribution in [0.2, 0.25) is 0 Å². The van der Waals surface area contributed by atoms with E-state index in [0.29, 0.717) is 17.7 Å². The minimum atomic E-state index is -0.912. The average Bonchev–Trinajstić information content (AvgIpc) is 2.91. The van der Waals surface area contributed by atoms with Crippen molar-refractivity contribution in [2.45, 2.75) is 31.4 Å². The van der Waals surface area contributed by atoms with Crippen molar-refractivity contribution in [1.29, 1.82) is 0 Å². The molecule has 0 aliphatic heterocycles. The number of hydrogen-bond acceptors (Lipinski definition) is 5. The number of anilines is 1. The van der Waals surface area contributed by atoms with Crippen molar-refractivity contribution in [1.82, 2.24) is 10.6 Å². The van der Waals surface area contributed by atoms with E-state index in [1.165, 1.54) is 0 Å². The summed E-state index contributed by atoms with van der Waals surface area (Å²) in [4.78, 5) is 37.3. The van der Waals surface area contributed by atoms with Gasteiger partial charge >= 0.3 is 0 Å². The van der Waals surface area contributed by atoms with Gasteiger partial charge in [-0.05, 0) is 41.7 Å². The van der Waals surface area contributed by atoms with Crippen LogP contribution in [0, 0.1) is 10.1 Å². The number of nitrogens with one attached hydrogen (secondary N) is 3. The van der Waals surface area contributed by atoms with Crippen molar-refractivity contribution < 1.29 is 19.7 Å². The van der Waals surface area contributed by atoms with E-state index in [1.807, 2.05) is 60.7 Å². The molecule has 198 valence electrons. The Bertz CT molecular complexity index is 1200. The number of benzene rings is 3. The first-order chi connectivity index (χ1) is 18.4. The lowest BCUT2D eigenvalue weighted by molar-refractivity contribution is -0.485. The fourth-order valence-electron chi connectivity index (χ4n) is 3.88. The van der Waals surface area contributed by atoms with Gasteiger partial charge in [-0.25, -0.2) is 10.1 Å². The van der Waals surface area contributed by atoms with Crippen molar-refractivity contribution in [2.75, 3.05) is 11.9 Å². The van der Waals surface area contributed by atoms with E-state index in [0.717, 1.165) is 11.1 Å². The van der Waals surface area contributed by atoms with Crippen LogP contribution in [-0.4, -0.2) is 40.5 Å². The standard InChI is InChI=1S/C27H30N6O5/c28-27(32-33(37)38)29-17-7-12-23(25(35)30-22-15-13-19(18-34)14-16-22)31-26(36)24(20-8-3-1-4-9-20)21-10-5-2-6-11-21/h1-6,8-11,13-16,23-24,34H,7,12,17-18H2,(H,30,35)(H,31,36)(H3,28,29,32)/t23-/m1/s1. The van der Waals surface area contributed by atoms with E-state index >= 15 is 0 Å². The summed E-state index contributed by atoms with van der Waals surface area (Å²) < 4.78 is 0. The maximum atomic E-state index is 13.6. The van der Waals surface area contributed by atoms with Gasteiger partial charge in [0.1, 0.15) is 11.1 Å². The fraction of sp³-hybridized carbons (Fsp3) is 0.222. The highest BCUT2D eigenvalue weighted by Gasteiger charge is 2.28. The quantitative estimate of drug-likeness (QED) is 0.0804. The molecule has 2 amide bonds. The van der Waals surface area contributed by atoms with Crippen molar-refractivity contribution in [3.8, 4) is 0 Å². The topological polar surface area (TPSA) is 172 Å². The predicted octanol–water partition coefficient (Wildman–Crippen LogP) is 2.31. The van der Waals surface area contributed by atoms with E-state index in [1.54, 1.807) is 24.3 Å². The Hall–Kier alpha value is -4.77. The first-order valence-corrected chi connectivity index (χ1v) is 12.0. The molecule has 38 heavy (non-hydrogen) atoms. The maximum Gasteiger partial charge on any atom is 0.266 e. The Morgan fingerprint density at radius 3 is 2.03 bits per heavy atom. The van der Waals surface area contributed by atoms with Crippen LogP contribution in [0.4, 0.5) is 5.69 Å².